The maximum Gasteiger partial charge on any atom is 0.134 e. The predicted octanol–water partition coefficient (Wildman–Crippen LogP) is 2.99. The van der Waals surface area contributed by atoms with E-state index in [0.29, 0.717) is 0 Å². The van der Waals surface area contributed by atoms with Crippen LogP contribution in [0.3, 0.4) is 0 Å². The Morgan fingerprint density at radius 3 is 2.60 bits per heavy atom. The first-order valence-corrected chi connectivity index (χ1v) is 6.40. The Kier molecular flexibility index (Phi) is 3.41. The number of ether oxygens (including phenoxy) is 1. The van der Waals surface area contributed by atoms with Crippen LogP contribution in [0, 0.1) is 0 Å². The molecule has 20 heavy (non-hydrogen) atoms. The van der Waals surface area contributed by atoms with Crippen molar-refractivity contribution in [2.45, 2.75) is 6.04 Å². The van der Waals surface area contributed by atoms with Crippen LogP contribution >= 0.6 is 0 Å². The van der Waals surface area contributed by atoms with Crippen LogP contribution < -0.4 is 16.0 Å². The molecule has 0 amide bonds. The highest BCUT2D eigenvalue weighted by Gasteiger charge is 2.20. The van der Waals surface area contributed by atoms with Gasteiger partial charge < -0.3 is 9.15 Å². The Hall–Kier alpha value is -2.30. The van der Waals surface area contributed by atoms with Gasteiger partial charge in [0.2, 0.25) is 0 Å². The highest BCUT2D eigenvalue weighted by Crippen LogP contribution is 2.34. The summed E-state index contributed by atoms with van der Waals surface area (Å²) in [6.45, 7) is 0. The van der Waals surface area contributed by atoms with Gasteiger partial charge in [-0.05, 0) is 12.1 Å². The van der Waals surface area contributed by atoms with Crippen LogP contribution in [0.15, 0.2) is 59.2 Å². The standard InChI is InChI=1S/C16H16N2O2/c1-19-14-8-4-3-7-12(14)16(18-17)13-10-20-15-9-5-2-6-11(13)15/h2-10,16,18H,17H2,1H3. The number of nitrogens with two attached hydrogens (primary N) is 1. The van der Waals surface area contributed by atoms with Crippen molar-refractivity contribution in [3.8, 4) is 5.75 Å². The first-order chi connectivity index (χ1) is 9.85. The molecule has 0 saturated carbocycles. The van der Waals surface area contributed by atoms with Gasteiger partial charge in [0.25, 0.3) is 0 Å². The molecule has 3 N–H and O–H groups in total. The molecule has 3 rings (SSSR count). The van der Waals surface area contributed by atoms with Crippen LogP contribution in [-0.4, -0.2) is 7.11 Å². The minimum atomic E-state index is -0.185. The quantitative estimate of drug-likeness (QED) is 0.564. The van der Waals surface area contributed by atoms with Gasteiger partial charge in [-0.1, -0.05) is 36.4 Å². The molecule has 3 aromatic rings. The van der Waals surface area contributed by atoms with E-state index in [1.54, 1.807) is 13.4 Å². The van der Waals surface area contributed by atoms with Crippen molar-refractivity contribution < 1.29 is 9.15 Å². The van der Waals surface area contributed by atoms with E-state index in [9.17, 15) is 0 Å². The Balaban J connectivity index is 2.14. The zero-order valence-electron chi connectivity index (χ0n) is 11.2. The van der Waals surface area contributed by atoms with Gasteiger partial charge >= 0.3 is 0 Å². The van der Waals surface area contributed by atoms with Crippen molar-refractivity contribution in [3.05, 3.63) is 65.9 Å². The van der Waals surface area contributed by atoms with Gasteiger partial charge in [0.1, 0.15) is 11.3 Å². The third kappa shape index (κ3) is 2.05. The van der Waals surface area contributed by atoms with Gasteiger partial charge in [-0.25, -0.2) is 5.43 Å². The molecule has 0 fully saturated rings. The Bertz CT molecular complexity index is 721. The number of benzene rings is 2. The molecule has 102 valence electrons. The number of para-hydroxylation sites is 2. The molecule has 0 saturated heterocycles. The summed E-state index contributed by atoms with van der Waals surface area (Å²) in [5.41, 5.74) is 5.66. The number of fused-ring (bicyclic) bond motifs is 1. The number of hydrazine groups is 1. The summed E-state index contributed by atoms with van der Waals surface area (Å²) in [5.74, 6) is 6.56. The summed E-state index contributed by atoms with van der Waals surface area (Å²) in [6.07, 6.45) is 1.74. The van der Waals surface area contributed by atoms with Gasteiger partial charge in [-0.2, -0.15) is 0 Å². The largest absolute Gasteiger partial charge is 0.496 e. The molecule has 2 aromatic carbocycles. The summed E-state index contributed by atoms with van der Waals surface area (Å²) < 4.78 is 11.0. The lowest BCUT2D eigenvalue weighted by atomic mass is 9.98. The molecule has 1 heterocycles. The zero-order chi connectivity index (χ0) is 13.9. The SMILES string of the molecule is COc1ccccc1C(NN)c1coc2ccccc12. The van der Waals surface area contributed by atoms with Crippen LogP contribution in [0.4, 0.5) is 0 Å². The molecule has 4 heteroatoms. The lowest BCUT2D eigenvalue weighted by Gasteiger charge is -2.18. The van der Waals surface area contributed by atoms with E-state index in [-0.39, 0.29) is 6.04 Å². The molecular weight excluding hydrogens is 252 g/mol. The van der Waals surface area contributed by atoms with Crippen molar-refractivity contribution in [2.24, 2.45) is 5.84 Å². The second-order valence-corrected chi connectivity index (χ2v) is 4.53. The van der Waals surface area contributed by atoms with Crippen LogP contribution in [-0.2, 0) is 0 Å². The molecule has 0 aliphatic carbocycles. The summed E-state index contributed by atoms with van der Waals surface area (Å²) in [4.78, 5) is 0. The van der Waals surface area contributed by atoms with Crippen molar-refractivity contribution >= 4 is 11.0 Å². The van der Waals surface area contributed by atoms with Gasteiger partial charge in [0.15, 0.2) is 0 Å². The Labute approximate surface area is 117 Å². The average molecular weight is 268 g/mol. The number of methoxy groups -OCH3 is 1. The lowest BCUT2D eigenvalue weighted by molar-refractivity contribution is 0.404. The fourth-order valence-electron chi connectivity index (χ4n) is 2.47. The fourth-order valence-corrected chi connectivity index (χ4v) is 2.47. The summed E-state index contributed by atoms with van der Waals surface area (Å²) >= 11 is 0. The Morgan fingerprint density at radius 2 is 1.80 bits per heavy atom. The molecule has 1 atom stereocenters. The number of hydrogen-bond donors (Lipinski definition) is 2. The van der Waals surface area contributed by atoms with Gasteiger partial charge in [0, 0.05) is 16.5 Å². The molecule has 0 aliphatic rings. The van der Waals surface area contributed by atoms with E-state index in [1.807, 2.05) is 48.5 Å². The molecule has 0 bridgehead atoms. The molecule has 1 unspecified atom stereocenters. The predicted molar refractivity (Wildman–Crippen MR) is 78.4 cm³/mol. The van der Waals surface area contributed by atoms with Crippen molar-refractivity contribution in [1.82, 2.24) is 5.43 Å². The zero-order valence-corrected chi connectivity index (χ0v) is 11.2. The highest BCUT2D eigenvalue weighted by molar-refractivity contribution is 5.82. The van der Waals surface area contributed by atoms with Gasteiger partial charge in [-0.3, -0.25) is 5.84 Å². The molecule has 4 nitrogen and oxygen atoms in total. The third-order valence-corrected chi connectivity index (χ3v) is 3.44. The van der Waals surface area contributed by atoms with Crippen LogP contribution in [0.2, 0.25) is 0 Å². The van der Waals surface area contributed by atoms with E-state index in [2.05, 4.69) is 5.43 Å². The maximum absolute atomic E-state index is 5.76. The number of rotatable bonds is 4. The summed E-state index contributed by atoms with van der Waals surface area (Å²) in [7, 11) is 1.65. The molecular formula is C16H16N2O2. The van der Waals surface area contributed by atoms with Crippen molar-refractivity contribution in [2.75, 3.05) is 7.11 Å². The molecule has 0 spiro atoms. The van der Waals surface area contributed by atoms with Crippen LogP contribution in [0.1, 0.15) is 17.2 Å². The first-order valence-electron chi connectivity index (χ1n) is 6.40. The van der Waals surface area contributed by atoms with E-state index in [0.717, 1.165) is 27.8 Å². The summed E-state index contributed by atoms with van der Waals surface area (Å²) in [5, 5.41) is 1.04. The highest BCUT2D eigenvalue weighted by atomic mass is 16.5. The molecule has 0 aliphatic heterocycles. The van der Waals surface area contributed by atoms with Gasteiger partial charge in [-0.15, -0.1) is 0 Å². The normalized spacial score (nSPS) is 12.5. The van der Waals surface area contributed by atoms with Gasteiger partial charge in [0.05, 0.1) is 19.4 Å². The van der Waals surface area contributed by atoms with Crippen molar-refractivity contribution in [1.29, 1.82) is 0 Å². The third-order valence-electron chi connectivity index (χ3n) is 3.44. The smallest absolute Gasteiger partial charge is 0.134 e. The first kappa shape index (κ1) is 12.7. The fraction of sp³-hybridized carbons (Fsp3) is 0.125. The maximum atomic E-state index is 5.76. The summed E-state index contributed by atoms with van der Waals surface area (Å²) in [6, 6.07) is 15.5. The molecule has 0 radical (unpaired) electrons. The van der Waals surface area contributed by atoms with E-state index >= 15 is 0 Å². The van der Waals surface area contributed by atoms with Crippen LogP contribution in [0.25, 0.3) is 11.0 Å². The number of nitrogens with one attached hydrogen (secondary N) is 1. The minimum absolute atomic E-state index is 0.185. The minimum Gasteiger partial charge on any atom is -0.496 e. The molecule has 1 aromatic heterocycles. The topological polar surface area (TPSA) is 60.4 Å². The van der Waals surface area contributed by atoms with Crippen LogP contribution in [0.5, 0.6) is 5.75 Å². The van der Waals surface area contributed by atoms with Crippen molar-refractivity contribution in [3.63, 3.8) is 0 Å². The van der Waals surface area contributed by atoms with E-state index in [4.69, 9.17) is 15.0 Å². The average Bonchev–Trinajstić information content (AvgIpc) is 2.93. The van der Waals surface area contributed by atoms with E-state index in [1.165, 1.54) is 0 Å². The number of furan rings is 1. The Morgan fingerprint density at radius 1 is 1.05 bits per heavy atom. The number of hydrogen-bond acceptors (Lipinski definition) is 4. The monoisotopic (exact) mass is 268 g/mol. The second-order valence-electron chi connectivity index (χ2n) is 4.53. The lowest BCUT2D eigenvalue weighted by Crippen LogP contribution is -2.29. The second kappa shape index (κ2) is 5.36. The van der Waals surface area contributed by atoms with E-state index < -0.39 is 0 Å².